The molecule has 168 valence electrons. The van der Waals surface area contributed by atoms with Crippen LogP contribution >= 0.6 is 0 Å². The number of ether oxygens (including phenoxy) is 1. The molecule has 0 bridgehead atoms. The van der Waals surface area contributed by atoms with Crippen molar-refractivity contribution in [2.75, 3.05) is 24.7 Å². The third-order valence-corrected chi connectivity index (χ3v) is 4.50. The summed E-state index contributed by atoms with van der Waals surface area (Å²) >= 11 is 0. The number of hydrogen-bond acceptors (Lipinski definition) is 10. The molecular weight excluding hydrogens is 424 g/mol. The minimum atomic E-state index is -2.63. The van der Waals surface area contributed by atoms with Crippen LogP contribution in [-0.2, 0) is 18.3 Å². The van der Waals surface area contributed by atoms with Crippen molar-refractivity contribution in [2.24, 2.45) is 7.05 Å². The Balaban J connectivity index is 1.70. The monoisotopic (exact) mass is 449 g/mol. The van der Waals surface area contributed by atoms with E-state index in [9.17, 15) is 4.79 Å². The molecule has 0 fully saturated rings. The van der Waals surface area contributed by atoms with Crippen molar-refractivity contribution in [1.29, 1.82) is 0 Å². The number of methoxy groups -OCH3 is 1. The van der Waals surface area contributed by atoms with E-state index in [4.69, 9.17) is 8.85 Å². The molecule has 0 spiro atoms. The van der Waals surface area contributed by atoms with Gasteiger partial charge in [-0.05, 0) is 18.2 Å². The number of carbonyl (C=O) groups excluding carboxylic acids is 1. The Bertz CT molecular complexity index is 1360. The molecule has 0 radical (unpaired) electrons. The first-order valence-corrected chi connectivity index (χ1v) is 9.74. The second kappa shape index (κ2) is 9.68. The summed E-state index contributed by atoms with van der Waals surface area (Å²) in [5, 5.41) is 24.8. The Morgan fingerprint density at radius 3 is 2.79 bits per heavy atom. The second-order valence-corrected chi connectivity index (χ2v) is 6.74. The first-order chi connectivity index (χ1) is 17.2. The summed E-state index contributed by atoms with van der Waals surface area (Å²) in [5.74, 6) is 0.819. The molecule has 12 nitrogen and oxygen atoms in total. The molecule has 4 aromatic heterocycles. The molecule has 0 saturated heterocycles. The van der Waals surface area contributed by atoms with Gasteiger partial charge in [-0.25, -0.2) is 9.97 Å². The molecule has 0 unspecified atom stereocenters. The molecular formula is C21H22N10O2. The topological polar surface area (TPSA) is 145 Å². The Labute approximate surface area is 193 Å². The van der Waals surface area contributed by atoms with Gasteiger partial charge in [-0.3, -0.25) is 4.79 Å². The van der Waals surface area contributed by atoms with Gasteiger partial charge in [-0.1, -0.05) is 6.07 Å². The molecule has 1 amide bonds. The van der Waals surface area contributed by atoms with E-state index >= 15 is 0 Å². The standard InChI is InChI=1S/C21H22N10O2/c1-22-19(32)11-15-14(10-18(29-28-15)27-17-6-4-5-8-23-17)26-21-20(33-3)13(7-9-24-21)16-12-25-31(2)30-16/h4-10,12H,11H2,1-3H3,(H,22,32)(H2,23,24,26,27,29)/i1D3. The number of likely N-dealkylation sites (N-methyl/N-ethyl adjacent to an activating group) is 1. The van der Waals surface area contributed by atoms with E-state index in [-0.39, 0.29) is 12.1 Å². The van der Waals surface area contributed by atoms with Gasteiger partial charge in [0.25, 0.3) is 0 Å². The van der Waals surface area contributed by atoms with E-state index in [0.717, 1.165) is 0 Å². The fourth-order valence-electron chi connectivity index (χ4n) is 3.02. The van der Waals surface area contributed by atoms with E-state index in [1.807, 2.05) is 11.4 Å². The van der Waals surface area contributed by atoms with Crippen molar-refractivity contribution in [1.82, 2.24) is 40.5 Å². The first-order valence-electron chi connectivity index (χ1n) is 11.2. The Morgan fingerprint density at radius 1 is 1.15 bits per heavy atom. The number of aromatic nitrogens is 7. The number of nitrogens with zero attached hydrogens (tertiary/aromatic N) is 7. The number of amides is 1. The van der Waals surface area contributed by atoms with Crippen LogP contribution in [0.25, 0.3) is 11.3 Å². The molecule has 4 aromatic rings. The van der Waals surface area contributed by atoms with E-state index in [1.54, 1.807) is 49.9 Å². The van der Waals surface area contributed by atoms with Crippen LogP contribution in [0.3, 0.4) is 0 Å². The van der Waals surface area contributed by atoms with Crippen LogP contribution in [0.15, 0.2) is 48.9 Å². The number of anilines is 4. The van der Waals surface area contributed by atoms with Gasteiger partial charge in [-0.2, -0.15) is 20.1 Å². The second-order valence-electron chi connectivity index (χ2n) is 6.74. The van der Waals surface area contributed by atoms with Gasteiger partial charge in [0, 0.05) is 36.6 Å². The van der Waals surface area contributed by atoms with E-state index in [1.165, 1.54) is 11.9 Å². The summed E-state index contributed by atoms with van der Waals surface area (Å²) in [5.41, 5.74) is 1.75. The molecule has 33 heavy (non-hydrogen) atoms. The lowest BCUT2D eigenvalue weighted by Gasteiger charge is -2.15. The largest absolute Gasteiger partial charge is 0.492 e. The summed E-state index contributed by atoms with van der Waals surface area (Å²) in [7, 11) is 3.19. The number of hydrogen-bond donors (Lipinski definition) is 3. The maximum atomic E-state index is 12.3. The molecule has 0 aliphatic carbocycles. The predicted molar refractivity (Wildman–Crippen MR) is 121 cm³/mol. The number of carbonyl (C=O) groups is 1. The third kappa shape index (κ3) is 5.01. The number of pyridine rings is 2. The maximum Gasteiger partial charge on any atom is 0.225 e. The number of aryl methyl sites for hydroxylation is 1. The quantitative estimate of drug-likeness (QED) is 0.364. The molecule has 3 N–H and O–H groups in total. The molecule has 0 aliphatic rings. The minimum Gasteiger partial charge on any atom is -0.492 e. The van der Waals surface area contributed by atoms with E-state index in [0.29, 0.717) is 40.1 Å². The minimum absolute atomic E-state index is 0.192. The number of rotatable bonds is 8. The average molecular weight is 449 g/mol. The lowest BCUT2D eigenvalue weighted by atomic mass is 10.1. The van der Waals surface area contributed by atoms with Crippen LogP contribution in [0.2, 0.25) is 0 Å². The Hall–Kier alpha value is -4.61. The zero-order chi connectivity index (χ0) is 25.7. The van der Waals surface area contributed by atoms with Crippen LogP contribution in [0.1, 0.15) is 9.81 Å². The van der Waals surface area contributed by atoms with Gasteiger partial charge in [-0.15, -0.1) is 5.10 Å². The first kappa shape index (κ1) is 18.0. The van der Waals surface area contributed by atoms with Crippen molar-refractivity contribution >= 4 is 29.0 Å². The average Bonchev–Trinajstić information content (AvgIpc) is 3.26. The molecule has 0 atom stereocenters. The van der Waals surface area contributed by atoms with Crippen molar-refractivity contribution < 1.29 is 13.6 Å². The van der Waals surface area contributed by atoms with Crippen molar-refractivity contribution in [2.45, 2.75) is 6.42 Å². The highest BCUT2D eigenvalue weighted by Crippen LogP contribution is 2.36. The van der Waals surface area contributed by atoms with E-state index < -0.39 is 12.9 Å². The van der Waals surface area contributed by atoms with Crippen LogP contribution in [0, 0.1) is 0 Å². The van der Waals surface area contributed by atoms with Gasteiger partial charge in [0.1, 0.15) is 11.5 Å². The molecule has 0 aliphatic heterocycles. The maximum absolute atomic E-state index is 12.3. The van der Waals surface area contributed by atoms with Crippen molar-refractivity contribution in [3.05, 3.63) is 54.6 Å². The van der Waals surface area contributed by atoms with Crippen LogP contribution < -0.4 is 20.7 Å². The molecule has 4 heterocycles. The zero-order valence-electron chi connectivity index (χ0n) is 20.8. The van der Waals surface area contributed by atoms with Crippen molar-refractivity contribution in [3.63, 3.8) is 0 Å². The van der Waals surface area contributed by atoms with Crippen molar-refractivity contribution in [3.8, 4) is 17.0 Å². The molecule has 0 aromatic carbocycles. The zero-order valence-corrected chi connectivity index (χ0v) is 17.8. The lowest BCUT2D eigenvalue weighted by molar-refractivity contribution is -0.120. The lowest BCUT2D eigenvalue weighted by Crippen LogP contribution is -2.21. The fraction of sp³-hybridized carbons (Fsp3) is 0.190. The normalized spacial score (nSPS) is 12.2. The highest BCUT2D eigenvalue weighted by atomic mass is 16.5. The highest BCUT2D eigenvalue weighted by Gasteiger charge is 2.18. The highest BCUT2D eigenvalue weighted by molar-refractivity contribution is 5.82. The summed E-state index contributed by atoms with van der Waals surface area (Å²) in [6.07, 6.45) is 4.44. The summed E-state index contributed by atoms with van der Waals surface area (Å²) in [4.78, 5) is 22.3. The van der Waals surface area contributed by atoms with Gasteiger partial charge >= 0.3 is 0 Å². The van der Waals surface area contributed by atoms with Crippen LogP contribution in [0.5, 0.6) is 5.75 Å². The summed E-state index contributed by atoms with van der Waals surface area (Å²) in [6, 6.07) is 8.68. The molecule has 4 rings (SSSR count). The van der Waals surface area contributed by atoms with E-state index in [2.05, 4.69) is 41.0 Å². The Morgan fingerprint density at radius 2 is 2.06 bits per heavy atom. The van der Waals surface area contributed by atoms with Crippen LogP contribution in [-0.4, -0.2) is 55.2 Å². The van der Waals surface area contributed by atoms with Gasteiger partial charge in [0.15, 0.2) is 17.4 Å². The molecule has 0 saturated carbocycles. The van der Waals surface area contributed by atoms with Gasteiger partial charge in [0.2, 0.25) is 5.91 Å². The molecule has 12 heteroatoms. The fourth-order valence-corrected chi connectivity index (χ4v) is 3.02. The summed E-state index contributed by atoms with van der Waals surface area (Å²) in [6.45, 7) is -2.63. The van der Waals surface area contributed by atoms with Gasteiger partial charge in [0.05, 0.1) is 36.7 Å². The predicted octanol–water partition coefficient (Wildman–Crippen LogP) is 1.85. The van der Waals surface area contributed by atoms with Crippen LogP contribution in [0.4, 0.5) is 23.1 Å². The smallest absolute Gasteiger partial charge is 0.225 e. The third-order valence-electron chi connectivity index (χ3n) is 4.50. The SMILES string of the molecule is [2H]C([2H])([2H])NC(=O)Cc1nnc(Nc2ccccn2)cc1Nc1nccc(-c2cnn(C)n2)c1OC. The van der Waals surface area contributed by atoms with Gasteiger partial charge < -0.3 is 20.7 Å². The summed E-state index contributed by atoms with van der Waals surface area (Å²) < 4.78 is 27.4. The Kier molecular flexibility index (Phi) is 5.28. The number of nitrogens with one attached hydrogen (secondary N) is 3.